The van der Waals surface area contributed by atoms with E-state index < -0.39 is 64.4 Å². The third kappa shape index (κ3) is 4.23. The normalized spacial score (nSPS) is 33.6. The summed E-state index contributed by atoms with van der Waals surface area (Å²) in [5.74, 6) is -10.3. The molecule has 0 bridgehead atoms. The number of hydrogen-bond donors (Lipinski definition) is 4. The number of benzene rings is 1. The fraction of sp³-hybridized carbons (Fsp3) is 0.607. The minimum absolute atomic E-state index is 0.0317. The van der Waals surface area contributed by atoms with Crippen LogP contribution < -0.4 is 11.1 Å². The van der Waals surface area contributed by atoms with Crippen molar-refractivity contribution in [2.45, 2.75) is 49.9 Å². The van der Waals surface area contributed by atoms with E-state index >= 15 is 0 Å². The molecule has 5 rings (SSSR count). The van der Waals surface area contributed by atoms with Crippen LogP contribution in [0.25, 0.3) is 0 Å². The molecule has 4 aliphatic rings. The molecule has 2 unspecified atom stereocenters. The number of carbonyl (C=O) groups is 5. The predicted molar refractivity (Wildman–Crippen MR) is 139 cm³/mol. The van der Waals surface area contributed by atoms with E-state index in [-0.39, 0.29) is 24.2 Å². The fourth-order valence-electron chi connectivity index (χ4n) is 7.30. The predicted octanol–water partition coefficient (Wildman–Crippen LogP) is -0.949. The molecule has 210 valence electrons. The molecule has 39 heavy (non-hydrogen) atoms. The van der Waals surface area contributed by atoms with Gasteiger partial charge in [-0.1, -0.05) is 6.07 Å². The van der Waals surface area contributed by atoms with Gasteiger partial charge in [0, 0.05) is 18.5 Å². The summed E-state index contributed by atoms with van der Waals surface area (Å²) in [4.78, 5) is 70.0. The van der Waals surface area contributed by atoms with Crippen molar-refractivity contribution in [3.05, 3.63) is 28.8 Å². The van der Waals surface area contributed by atoms with Crippen molar-refractivity contribution in [3.8, 4) is 5.75 Å². The van der Waals surface area contributed by atoms with Gasteiger partial charge in [0.15, 0.2) is 34.7 Å². The zero-order chi connectivity index (χ0) is 28.4. The van der Waals surface area contributed by atoms with Gasteiger partial charge in [-0.2, -0.15) is 0 Å². The Hall–Kier alpha value is -2.99. The third-order valence-corrected chi connectivity index (χ3v) is 9.34. The summed E-state index contributed by atoms with van der Waals surface area (Å²) < 4.78 is 0. The third-order valence-electron chi connectivity index (χ3n) is 9.34. The number of nitrogens with two attached hydrogens (primary N) is 1. The molecular formula is C28H36N4O7. The van der Waals surface area contributed by atoms with Gasteiger partial charge in [-0.3, -0.25) is 28.9 Å². The highest BCUT2D eigenvalue weighted by atomic mass is 16.3. The Balaban J connectivity index is 1.51. The molecule has 11 nitrogen and oxygen atoms in total. The molecule has 0 aromatic heterocycles. The maximum Gasteiger partial charge on any atom is 0.235 e. The van der Waals surface area contributed by atoms with Gasteiger partial charge in [-0.15, -0.1) is 0 Å². The van der Waals surface area contributed by atoms with Crippen LogP contribution in [0.1, 0.15) is 40.7 Å². The number of aromatic hydroxyl groups is 1. The number of ketones is 4. The van der Waals surface area contributed by atoms with Crippen LogP contribution in [-0.2, 0) is 32.1 Å². The van der Waals surface area contributed by atoms with Gasteiger partial charge in [-0.05, 0) is 83.0 Å². The van der Waals surface area contributed by atoms with Gasteiger partial charge in [0.05, 0.1) is 17.5 Å². The molecule has 1 amide bonds. The van der Waals surface area contributed by atoms with Crippen molar-refractivity contribution in [2.24, 2.45) is 29.4 Å². The highest BCUT2D eigenvalue weighted by Gasteiger charge is 2.69. The average Bonchev–Trinajstić information content (AvgIpc) is 2.86. The van der Waals surface area contributed by atoms with E-state index in [2.05, 4.69) is 17.3 Å². The van der Waals surface area contributed by atoms with E-state index in [0.29, 0.717) is 18.2 Å². The first kappa shape index (κ1) is 27.6. The summed E-state index contributed by atoms with van der Waals surface area (Å²) in [6.07, 6.45) is 2.30. The first-order chi connectivity index (χ1) is 18.4. The van der Waals surface area contributed by atoms with Crippen LogP contribution in [-0.4, -0.2) is 101 Å². The standard InChI is InChI=1S/C28H36N4O7/c1-31(2)22-17-11-14-10-16-13(12-30-15-6-8-32(3)9-7-15)4-5-18(33)20(16)23(34)19(14)25(36)28(17,39)26(37)21(24(22)35)27(29)38/h4-5,14-15,17,19,21-22,30,33,39H,6-12H2,1-3H3,(H2,29,38)/t14-,17-,19?,21?,22-,28-/m0/s1. The second-order valence-corrected chi connectivity index (χ2v) is 11.8. The Morgan fingerprint density at radius 2 is 1.82 bits per heavy atom. The van der Waals surface area contributed by atoms with Gasteiger partial charge in [-0.25, -0.2) is 0 Å². The minimum atomic E-state index is -2.71. The number of piperidine rings is 1. The molecule has 1 heterocycles. The zero-order valence-electron chi connectivity index (χ0n) is 22.5. The fourth-order valence-corrected chi connectivity index (χ4v) is 7.30. The molecule has 3 aliphatic carbocycles. The first-order valence-corrected chi connectivity index (χ1v) is 13.5. The summed E-state index contributed by atoms with van der Waals surface area (Å²) in [7, 11) is 5.22. The topological polar surface area (TPSA) is 170 Å². The smallest absolute Gasteiger partial charge is 0.235 e. The molecule has 11 heteroatoms. The number of nitrogens with zero attached hydrogens (tertiary/aromatic N) is 2. The number of amides is 1. The van der Waals surface area contributed by atoms with Gasteiger partial charge < -0.3 is 26.2 Å². The van der Waals surface area contributed by atoms with Crippen LogP contribution in [0.5, 0.6) is 5.75 Å². The van der Waals surface area contributed by atoms with Crippen molar-refractivity contribution in [1.82, 2.24) is 15.1 Å². The molecule has 1 aliphatic heterocycles. The molecular weight excluding hydrogens is 504 g/mol. The molecule has 6 atom stereocenters. The number of Topliss-reactive ketones (excluding diaryl/α,β-unsaturated/α-hetero) is 4. The molecule has 0 radical (unpaired) electrons. The number of aliphatic hydroxyl groups is 1. The summed E-state index contributed by atoms with van der Waals surface area (Å²) in [5, 5.41) is 25.9. The molecule has 1 aromatic carbocycles. The lowest BCUT2D eigenvalue weighted by atomic mass is 9.52. The van der Waals surface area contributed by atoms with E-state index in [1.807, 2.05) is 0 Å². The van der Waals surface area contributed by atoms with E-state index in [1.165, 1.54) is 11.0 Å². The van der Waals surface area contributed by atoms with Gasteiger partial charge >= 0.3 is 0 Å². The van der Waals surface area contributed by atoms with E-state index in [9.17, 15) is 34.2 Å². The van der Waals surface area contributed by atoms with Gasteiger partial charge in [0.1, 0.15) is 5.75 Å². The number of fused-ring (bicyclic) bond motifs is 3. The highest BCUT2D eigenvalue weighted by Crippen LogP contribution is 2.51. The Morgan fingerprint density at radius 3 is 2.44 bits per heavy atom. The second-order valence-electron chi connectivity index (χ2n) is 11.8. The van der Waals surface area contributed by atoms with Gasteiger partial charge in [0.25, 0.3) is 0 Å². The van der Waals surface area contributed by atoms with Crippen molar-refractivity contribution in [1.29, 1.82) is 0 Å². The number of likely N-dealkylation sites (tertiary alicyclic amines) is 1. The van der Waals surface area contributed by atoms with Crippen LogP contribution in [0.2, 0.25) is 0 Å². The van der Waals surface area contributed by atoms with E-state index in [4.69, 9.17) is 5.73 Å². The van der Waals surface area contributed by atoms with Crippen LogP contribution in [0, 0.1) is 23.7 Å². The number of likely N-dealkylation sites (N-methyl/N-ethyl adjacent to an activating group) is 1. The maximum atomic E-state index is 13.9. The minimum Gasteiger partial charge on any atom is -0.507 e. The number of primary amides is 1. The summed E-state index contributed by atoms with van der Waals surface area (Å²) in [5.41, 5.74) is 4.16. The van der Waals surface area contributed by atoms with E-state index in [1.54, 1.807) is 20.2 Å². The molecule has 1 saturated heterocycles. The summed E-state index contributed by atoms with van der Waals surface area (Å²) in [6.45, 7) is 2.46. The Bertz CT molecular complexity index is 1250. The number of phenolic OH excluding ortho intramolecular Hbond substituents is 1. The lowest BCUT2D eigenvalue weighted by Gasteiger charge is -2.52. The summed E-state index contributed by atoms with van der Waals surface area (Å²) in [6, 6.07) is 2.42. The number of phenols is 1. The van der Waals surface area contributed by atoms with Gasteiger partial charge in [0.2, 0.25) is 5.91 Å². The highest BCUT2D eigenvalue weighted by molar-refractivity contribution is 6.32. The Kier molecular flexibility index (Phi) is 6.99. The lowest BCUT2D eigenvalue weighted by Crippen LogP contribution is -2.74. The largest absolute Gasteiger partial charge is 0.507 e. The lowest BCUT2D eigenvalue weighted by molar-refractivity contribution is -0.181. The van der Waals surface area contributed by atoms with Crippen LogP contribution >= 0.6 is 0 Å². The second kappa shape index (κ2) is 9.88. The number of hydrogen-bond acceptors (Lipinski definition) is 10. The Labute approximate surface area is 226 Å². The monoisotopic (exact) mass is 540 g/mol. The zero-order valence-corrected chi connectivity index (χ0v) is 22.5. The van der Waals surface area contributed by atoms with Crippen molar-refractivity contribution in [3.63, 3.8) is 0 Å². The van der Waals surface area contributed by atoms with E-state index in [0.717, 1.165) is 31.5 Å². The van der Waals surface area contributed by atoms with Crippen LogP contribution in [0.3, 0.4) is 0 Å². The summed E-state index contributed by atoms with van der Waals surface area (Å²) >= 11 is 0. The van der Waals surface area contributed by atoms with Crippen molar-refractivity contribution in [2.75, 3.05) is 34.2 Å². The quantitative estimate of drug-likeness (QED) is 0.342. The Morgan fingerprint density at radius 1 is 1.15 bits per heavy atom. The average molecular weight is 541 g/mol. The molecule has 0 spiro atoms. The number of rotatable bonds is 5. The SMILES string of the molecule is CN1CCC(NCc2ccc(O)c3c2C[C@H]2C[C@H]4[C@H](N(C)C)C(=O)C(C(N)=O)C(=O)[C@@]4(O)C(=O)C2C3=O)CC1. The maximum absolute atomic E-state index is 13.9. The molecule has 3 fully saturated rings. The molecule has 1 aromatic rings. The molecule has 2 saturated carbocycles. The van der Waals surface area contributed by atoms with Crippen molar-refractivity contribution < 1.29 is 34.2 Å². The number of nitrogens with one attached hydrogen (secondary N) is 1. The first-order valence-electron chi connectivity index (χ1n) is 13.5. The number of carbonyl (C=O) groups excluding carboxylic acids is 5. The van der Waals surface area contributed by atoms with Crippen molar-refractivity contribution >= 4 is 29.0 Å². The molecule has 5 N–H and O–H groups in total. The van der Waals surface area contributed by atoms with Crippen LogP contribution in [0.4, 0.5) is 0 Å². The van der Waals surface area contributed by atoms with Crippen LogP contribution in [0.15, 0.2) is 12.1 Å².